The van der Waals surface area contributed by atoms with Crippen molar-refractivity contribution in [2.24, 2.45) is 10.4 Å². The maximum Gasteiger partial charge on any atom is 0.225 e. The highest BCUT2D eigenvalue weighted by Gasteiger charge is 2.21. The topological polar surface area (TPSA) is 65.5 Å². The van der Waals surface area contributed by atoms with E-state index in [1.807, 2.05) is 33.8 Å². The second-order valence-electron chi connectivity index (χ2n) is 7.88. The molecule has 148 valence electrons. The van der Waals surface area contributed by atoms with Crippen LogP contribution in [0.3, 0.4) is 0 Å². The first-order valence-corrected chi connectivity index (χ1v) is 9.03. The zero-order valence-electron chi connectivity index (χ0n) is 17.0. The zero-order chi connectivity index (χ0) is 18.9. The van der Waals surface area contributed by atoms with Crippen LogP contribution in [0.5, 0.6) is 0 Å². The standard InChI is InChI=1S/C20H34N4O.HI/c1-7-21-18(23-14-13-22-17(25)19(2,3)4)24-15-20(5,6)16-11-9-8-10-12-16;/h8-12H,7,13-15H2,1-6H3,(H,22,25)(H2,21,23,24);1H. The Morgan fingerprint density at radius 1 is 0.962 bits per heavy atom. The van der Waals surface area contributed by atoms with E-state index in [-0.39, 0.29) is 40.7 Å². The summed E-state index contributed by atoms with van der Waals surface area (Å²) >= 11 is 0. The molecule has 0 fully saturated rings. The summed E-state index contributed by atoms with van der Waals surface area (Å²) in [6.45, 7) is 14.8. The van der Waals surface area contributed by atoms with Gasteiger partial charge in [-0.3, -0.25) is 9.79 Å². The SMILES string of the molecule is CCNC(=NCC(C)(C)c1ccccc1)NCCNC(=O)C(C)(C)C.I. The Balaban J connectivity index is 0.00000625. The Hall–Kier alpha value is -1.31. The second kappa shape index (κ2) is 11.4. The van der Waals surface area contributed by atoms with Gasteiger partial charge in [0.25, 0.3) is 0 Å². The molecule has 5 nitrogen and oxygen atoms in total. The van der Waals surface area contributed by atoms with Crippen LogP contribution >= 0.6 is 24.0 Å². The van der Waals surface area contributed by atoms with E-state index in [9.17, 15) is 4.79 Å². The second-order valence-corrected chi connectivity index (χ2v) is 7.88. The van der Waals surface area contributed by atoms with Crippen molar-refractivity contribution in [2.75, 3.05) is 26.2 Å². The van der Waals surface area contributed by atoms with Crippen molar-refractivity contribution in [3.05, 3.63) is 35.9 Å². The minimum atomic E-state index is -0.363. The normalized spacial score (nSPS) is 12.2. The first-order valence-electron chi connectivity index (χ1n) is 9.03. The molecule has 1 aromatic rings. The van der Waals surface area contributed by atoms with Crippen LogP contribution in [0.1, 0.15) is 47.1 Å². The third kappa shape index (κ3) is 8.87. The number of hydrogen-bond donors (Lipinski definition) is 3. The minimum Gasteiger partial charge on any atom is -0.357 e. The predicted octanol–water partition coefficient (Wildman–Crippen LogP) is 3.30. The summed E-state index contributed by atoms with van der Waals surface area (Å²) in [5, 5.41) is 9.46. The Kier molecular flexibility index (Phi) is 10.8. The average molecular weight is 474 g/mol. The molecule has 0 radical (unpaired) electrons. The fourth-order valence-electron chi connectivity index (χ4n) is 2.22. The fraction of sp³-hybridized carbons (Fsp3) is 0.600. The van der Waals surface area contributed by atoms with Crippen molar-refractivity contribution in [3.63, 3.8) is 0 Å². The van der Waals surface area contributed by atoms with Gasteiger partial charge in [0.1, 0.15) is 0 Å². The summed E-state index contributed by atoms with van der Waals surface area (Å²) < 4.78 is 0. The molecule has 0 aromatic heterocycles. The van der Waals surface area contributed by atoms with Gasteiger partial charge in [0.05, 0.1) is 6.54 Å². The van der Waals surface area contributed by atoms with Crippen LogP contribution < -0.4 is 16.0 Å². The molecule has 0 aliphatic heterocycles. The minimum absolute atomic E-state index is 0. The summed E-state index contributed by atoms with van der Waals surface area (Å²) in [5.74, 6) is 0.831. The average Bonchev–Trinajstić information content (AvgIpc) is 2.56. The molecule has 0 saturated carbocycles. The molecule has 3 N–H and O–H groups in total. The van der Waals surface area contributed by atoms with Crippen molar-refractivity contribution < 1.29 is 4.79 Å². The molecule has 6 heteroatoms. The van der Waals surface area contributed by atoms with Crippen molar-refractivity contribution in [1.29, 1.82) is 0 Å². The lowest BCUT2D eigenvalue weighted by atomic mass is 9.85. The van der Waals surface area contributed by atoms with E-state index in [2.05, 4.69) is 54.1 Å². The van der Waals surface area contributed by atoms with Crippen LogP contribution in [0.4, 0.5) is 0 Å². The first-order chi connectivity index (χ1) is 11.7. The largest absolute Gasteiger partial charge is 0.357 e. The van der Waals surface area contributed by atoms with Crippen molar-refractivity contribution in [1.82, 2.24) is 16.0 Å². The number of halogens is 1. The van der Waals surface area contributed by atoms with Gasteiger partial charge in [0.15, 0.2) is 5.96 Å². The van der Waals surface area contributed by atoms with Gasteiger partial charge in [-0.1, -0.05) is 65.0 Å². The Morgan fingerprint density at radius 3 is 2.08 bits per heavy atom. The lowest BCUT2D eigenvalue weighted by Crippen LogP contribution is -2.44. The summed E-state index contributed by atoms with van der Waals surface area (Å²) in [4.78, 5) is 16.6. The van der Waals surface area contributed by atoms with E-state index < -0.39 is 0 Å². The summed E-state index contributed by atoms with van der Waals surface area (Å²) in [5.41, 5.74) is 0.870. The van der Waals surface area contributed by atoms with Gasteiger partial charge >= 0.3 is 0 Å². The van der Waals surface area contributed by atoms with Crippen LogP contribution in [0.15, 0.2) is 35.3 Å². The van der Waals surface area contributed by atoms with E-state index in [0.717, 1.165) is 12.5 Å². The van der Waals surface area contributed by atoms with E-state index in [1.54, 1.807) is 0 Å². The number of guanidine groups is 1. The molecule has 0 unspecified atom stereocenters. The molecule has 0 saturated heterocycles. The number of amides is 1. The number of nitrogens with zero attached hydrogens (tertiary/aromatic N) is 1. The van der Waals surface area contributed by atoms with Gasteiger partial charge in [-0.25, -0.2) is 0 Å². The third-order valence-electron chi connectivity index (χ3n) is 3.92. The molecule has 0 spiro atoms. The van der Waals surface area contributed by atoms with E-state index in [4.69, 9.17) is 4.99 Å². The Morgan fingerprint density at radius 2 is 1.54 bits per heavy atom. The molecule has 0 bridgehead atoms. The number of aliphatic imine (C=N–C) groups is 1. The van der Waals surface area contributed by atoms with E-state index >= 15 is 0 Å². The Bertz CT molecular complexity index is 565. The monoisotopic (exact) mass is 474 g/mol. The molecule has 0 atom stereocenters. The smallest absolute Gasteiger partial charge is 0.225 e. The number of benzene rings is 1. The van der Waals surface area contributed by atoms with Gasteiger partial charge in [0, 0.05) is 30.5 Å². The quantitative estimate of drug-likeness (QED) is 0.246. The first kappa shape index (κ1) is 24.7. The van der Waals surface area contributed by atoms with Gasteiger partial charge in [-0.05, 0) is 12.5 Å². The highest BCUT2D eigenvalue weighted by atomic mass is 127. The maximum atomic E-state index is 11.9. The summed E-state index contributed by atoms with van der Waals surface area (Å²) in [6.07, 6.45) is 0. The fourth-order valence-corrected chi connectivity index (χ4v) is 2.22. The van der Waals surface area contributed by atoms with Crippen molar-refractivity contribution >= 4 is 35.8 Å². The van der Waals surface area contributed by atoms with Crippen LogP contribution in [0.2, 0.25) is 0 Å². The van der Waals surface area contributed by atoms with Crippen LogP contribution in [-0.2, 0) is 10.2 Å². The van der Waals surface area contributed by atoms with E-state index in [0.29, 0.717) is 19.6 Å². The summed E-state index contributed by atoms with van der Waals surface area (Å²) in [7, 11) is 0. The maximum absolute atomic E-state index is 11.9. The van der Waals surface area contributed by atoms with Gasteiger partial charge in [-0.2, -0.15) is 0 Å². The molecule has 1 aromatic carbocycles. The number of hydrogen-bond acceptors (Lipinski definition) is 2. The third-order valence-corrected chi connectivity index (χ3v) is 3.92. The van der Waals surface area contributed by atoms with Gasteiger partial charge in [-0.15, -0.1) is 24.0 Å². The highest BCUT2D eigenvalue weighted by Crippen LogP contribution is 2.22. The lowest BCUT2D eigenvalue weighted by molar-refractivity contribution is -0.128. The molecule has 1 rings (SSSR count). The van der Waals surface area contributed by atoms with Crippen LogP contribution in [0, 0.1) is 5.41 Å². The molecule has 0 aliphatic carbocycles. The predicted molar refractivity (Wildman–Crippen MR) is 121 cm³/mol. The molecular formula is C20H35IN4O. The Labute approximate surface area is 175 Å². The number of carbonyl (C=O) groups is 1. The molecule has 26 heavy (non-hydrogen) atoms. The molecule has 0 aliphatic rings. The van der Waals surface area contributed by atoms with Gasteiger partial charge < -0.3 is 16.0 Å². The van der Waals surface area contributed by atoms with Crippen molar-refractivity contribution in [3.8, 4) is 0 Å². The van der Waals surface area contributed by atoms with Crippen LogP contribution in [-0.4, -0.2) is 38.0 Å². The summed E-state index contributed by atoms with van der Waals surface area (Å²) in [6, 6.07) is 10.4. The van der Waals surface area contributed by atoms with E-state index in [1.165, 1.54) is 5.56 Å². The molecule has 0 heterocycles. The van der Waals surface area contributed by atoms with Crippen molar-refractivity contribution in [2.45, 2.75) is 47.0 Å². The molecular weight excluding hydrogens is 439 g/mol. The zero-order valence-corrected chi connectivity index (χ0v) is 19.3. The van der Waals surface area contributed by atoms with Gasteiger partial charge in [0.2, 0.25) is 5.91 Å². The lowest BCUT2D eigenvalue weighted by Gasteiger charge is -2.24. The number of carbonyl (C=O) groups excluding carboxylic acids is 1. The number of nitrogens with one attached hydrogen (secondary N) is 3. The highest BCUT2D eigenvalue weighted by molar-refractivity contribution is 14.0. The molecule has 1 amide bonds. The van der Waals surface area contributed by atoms with Crippen LogP contribution in [0.25, 0.3) is 0 Å². The number of rotatable bonds is 7.